The van der Waals surface area contributed by atoms with Crippen molar-refractivity contribution in [2.45, 2.75) is 0 Å². The molecule has 0 aromatic carbocycles. The van der Waals surface area contributed by atoms with Crippen molar-refractivity contribution in [3.63, 3.8) is 0 Å². The third-order valence-corrected chi connectivity index (χ3v) is 4.31. The van der Waals surface area contributed by atoms with E-state index in [0.29, 0.717) is 10.8 Å². The van der Waals surface area contributed by atoms with Crippen LogP contribution in [0.5, 0.6) is 5.75 Å². The van der Waals surface area contributed by atoms with Gasteiger partial charge in [0.1, 0.15) is 11.3 Å². The summed E-state index contributed by atoms with van der Waals surface area (Å²) in [6, 6.07) is 1.96. The number of nitrogens with zero attached hydrogens (tertiary/aromatic N) is 5. The summed E-state index contributed by atoms with van der Waals surface area (Å²) in [6.07, 6.45) is 7.43. The zero-order valence-electron chi connectivity index (χ0n) is 12.7. The van der Waals surface area contributed by atoms with E-state index < -0.39 is 0 Å². The van der Waals surface area contributed by atoms with E-state index in [1.165, 1.54) is 0 Å². The molecule has 0 radical (unpaired) electrons. The van der Waals surface area contributed by atoms with Crippen LogP contribution in [-0.4, -0.2) is 52.8 Å². The summed E-state index contributed by atoms with van der Waals surface area (Å²) in [4.78, 5) is 1.91. The molecule has 1 aliphatic rings. The highest BCUT2D eigenvalue weighted by atomic mass is 35.5. The minimum atomic E-state index is 0.574. The Bertz CT molecular complexity index is 836. The van der Waals surface area contributed by atoms with Crippen LogP contribution in [0.4, 0.5) is 0 Å². The molecule has 7 nitrogen and oxygen atoms in total. The van der Waals surface area contributed by atoms with Gasteiger partial charge < -0.3 is 10.1 Å². The molecule has 0 amide bonds. The molecule has 0 unspecified atom stereocenters. The van der Waals surface area contributed by atoms with Crippen LogP contribution in [0.2, 0.25) is 5.02 Å². The number of piperazine rings is 1. The zero-order valence-corrected chi connectivity index (χ0v) is 13.5. The van der Waals surface area contributed by atoms with Gasteiger partial charge in [0.2, 0.25) is 0 Å². The lowest BCUT2D eigenvalue weighted by molar-refractivity contribution is 0.417. The molecule has 1 N–H and O–H groups in total. The van der Waals surface area contributed by atoms with Gasteiger partial charge in [-0.25, -0.2) is 4.52 Å². The first-order valence-electron chi connectivity index (χ1n) is 7.48. The standard InChI is InChI=1S/C15H17ClN6O/c1-23-14-6-11(9-21-15(14)13(16)8-18-21)12-7-19-22(10-12)20-4-2-17-3-5-20/h6-10,17H,2-5H2,1H3. The topological polar surface area (TPSA) is 59.6 Å². The molecule has 3 aromatic heterocycles. The first-order valence-corrected chi connectivity index (χ1v) is 7.86. The van der Waals surface area contributed by atoms with E-state index in [4.69, 9.17) is 16.3 Å². The number of methoxy groups -OCH3 is 1. The van der Waals surface area contributed by atoms with Crippen LogP contribution in [0.3, 0.4) is 0 Å². The highest BCUT2D eigenvalue weighted by Gasteiger charge is 2.14. The molecule has 4 rings (SSSR count). The summed E-state index contributed by atoms with van der Waals surface area (Å²) in [5.41, 5.74) is 2.76. The normalized spacial score (nSPS) is 15.3. The van der Waals surface area contributed by atoms with E-state index >= 15 is 0 Å². The quantitative estimate of drug-likeness (QED) is 0.785. The molecule has 4 heterocycles. The number of hydrogen-bond donors (Lipinski definition) is 1. The first-order chi connectivity index (χ1) is 11.3. The van der Waals surface area contributed by atoms with Gasteiger partial charge in [-0.3, -0.25) is 5.01 Å². The van der Waals surface area contributed by atoms with E-state index in [0.717, 1.165) is 42.8 Å². The molecule has 3 aromatic rings. The number of rotatable bonds is 3. The fraction of sp³-hybridized carbons (Fsp3) is 0.333. The number of fused-ring (bicyclic) bond motifs is 1. The maximum absolute atomic E-state index is 6.17. The predicted octanol–water partition coefficient (Wildman–Crippen LogP) is 1.40. The Morgan fingerprint density at radius 3 is 2.74 bits per heavy atom. The van der Waals surface area contributed by atoms with Gasteiger partial charge in [-0.2, -0.15) is 15.0 Å². The molecule has 0 bridgehead atoms. The van der Waals surface area contributed by atoms with E-state index in [9.17, 15) is 0 Å². The molecule has 1 aliphatic heterocycles. The molecule has 0 spiro atoms. The van der Waals surface area contributed by atoms with Gasteiger partial charge in [0, 0.05) is 43.5 Å². The smallest absolute Gasteiger partial charge is 0.146 e. The maximum Gasteiger partial charge on any atom is 0.146 e. The monoisotopic (exact) mass is 332 g/mol. The zero-order chi connectivity index (χ0) is 15.8. The van der Waals surface area contributed by atoms with Crippen molar-refractivity contribution in [3.8, 4) is 16.9 Å². The van der Waals surface area contributed by atoms with Crippen LogP contribution in [0.1, 0.15) is 0 Å². The third kappa shape index (κ3) is 2.51. The fourth-order valence-corrected chi connectivity index (χ4v) is 3.06. The summed E-state index contributed by atoms with van der Waals surface area (Å²) in [6.45, 7) is 3.83. The molecule has 0 saturated carbocycles. The van der Waals surface area contributed by atoms with Gasteiger partial charge in [0.05, 0.1) is 30.7 Å². The second-order valence-corrected chi connectivity index (χ2v) is 5.84. The Morgan fingerprint density at radius 1 is 1.13 bits per heavy atom. The Hall–Kier alpha value is -2.25. The highest BCUT2D eigenvalue weighted by molar-refractivity contribution is 6.34. The summed E-state index contributed by atoms with van der Waals surface area (Å²) in [5.74, 6) is 0.694. The molecule has 1 saturated heterocycles. The molecule has 8 heteroatoms. The van der Waals surface area contributed by atoms with Gasteiger partial charge in [-0.05, 0) is 6.07 Å². The van der Waals surface area contributed by atoms with Gasteiger partial charge in [0.15, 0.2) is 0 Å². The molecular formula is C15H17ClN6O. The van der Waals surface area contributed by atoms with Gasteiger partial charge in [-0.1, -0.05) is 11.6 Å². The average molecular weight is 333 g/mol. The summed E-state index contributed by atoms with van der Waals surface area (Å²) >= 11 is 6.17. The fourth-order valence-electron chi connectivity index (χ4n) is 2.84. The van der Waals surface area contributed by atoms with Crippen molar-refractivity contribution in [3.05, 3.63) is 35.9 Å². The summed E-state index contributed by atoms with van der Waals surface area (Å²) in [5, 5.41) is 14.9. The maximum atomic E-state index is 6.17. The highest BCUT2D eigenvalue weighted by Crippen LogP contribution is 2.31. The first kappa shape index (κ1) is 14.3. The Balaban J connectivity index is 1.73. The molecule has 23 heavy (non-hydrogen) atoms. The van der Waals surface area contributed by atoms with Crippen LogP contribution >= 0.6 is 11.6 Å². The van der Waals surface area contributed by atoms with Crippen LogP contribution in [-0.2, 0) is 0 Å². The van der Waals surface area contributed by atoms with E-state index in [2.05, 4.69) is 20.5 Å². The lowest BCUT2D eigenvalue weighted by Gasteiger charge is -2.28. The minimum absolute atomic E-state index is 0.574. The van der Waals surface area contributed by atoms with Crippen molar-refractivity contribution in [2.24, 2.45) is 0 Å². The third-order valence-electron chi connectivity index (χ3n) is 4.04. The molecule has 0 atom stereocenters. The number of aromatic nitrogens is 4. The number of hydrogen-bond acceptors (Lipinski definition) is 5. The second kappa shape index (κ2) is 5.75. The van der Waals surface area contributed by atoms with E-state index in [-0.39, 0.29) is 0 Å². The SMILES string of the molecule is COc1cc(-c2cnn(N3CCNCC3)c2)cn2ncc(Cl)c12. The van der Waals surface area contributed by atoms with Gasteiger partial charge in [-0.15, -0.1) is 0 Å². The number of nitrogens with one attached hydrogen (secondary N) is 1. The van der Waals surface area contributed by atoms with Crippen LogP contribution in [0.15, 0.2) is 30.9 Å². The number of halogens is 1. The summed E-state index contributed by atoms with van der Waals surface area (Å²) in [7, 11) is 1.63. The van der Waals surface area contributed by atoms with Crippen LogP contribution in [0.25, 0.3) is 16.6 Å². The van der Waals surface area contributed by atoms with Crippen LogP contribution < -0.4 is 15.1 Å². The van der Waals surface area contributed by atoms with Crippen molar-refractivity contribution < 1.29 is 4.74 Å². The van der Waals surface area contributed by atoms with Crippen LogP contribution in [0, 0.1) is 0 Å². The lowest BCUT2D eigenvalue weighted by atomic mass is 10.1. The Labute approximate surface area is 138 Å². The Morgan fingerprint density at radius 2 is 1.96 bits per heavy atom. The minimum Gasteiger partial charge on any atom is -0.494 e. The van der Waals surface area contributed by atoms with Crippen molar-refractivity contribution in [2.75, 3.05) is 38.3 Å². The second-order valence-electron chi connectivity index (χ2n) is 5.44. The Kier molecular flexibility index (Phi) is 3.59. The number of pyridine rings is 1. The van der Waals surface area contributed by atoms with Gasteiger partial charge in [0.25, 0.3) is 0 Å². The summed E-state index contributed by atoms with van der Waals surface area (Å²) < 4.78 is 7.20. The van der Waals surface area contributed by atoms with E-state index in [1.54, 1.807) is 17.8 Å². The van der Waals surface area contributed by atoms with Crippen molar-refractivity contribution in [1.82, 2.24) is 24.8 Å². The van der Waals surface area contributed by atoms with Gasteiger partial charge >= 0.3 is 0 Å². The lowest BCUT2D eigenvalue weighted by Crippen LogP contribution is -2.49. The van der Waals surface area contributed by atoms with Crippen molar-refractivity contribution >= 4 is 17.1 Å². The predicted molar refractivity (Wildman–Crippen MR) is 88.8 cm³/mol. The molecule has 0 aliphatic carbocycles. The molecular weight excluding hydrogens is 316 g/mol. The van der Waals surface area contributed by atoms with E-state index in [1.807, 2.05) is 29.4 Å². The molecule has 120 valence electrons. The number of ether oxygens (including phenoxy) is 1. The average Bonchev–Trinajstić information content (AvgIpc) is 3.22. The largest absolute Gasteiger partial charge is 0.494 e. The molecule has 1 fully saturated rings. The van der Waals surface area contributed by atoms with Crippen molar-refractivity contribution in [1.29, 1.82) is 0 Å².